The third-order valence-electron chi connectivity index (χ3n) is 1.74. The molecule has 13 heavy (non-hydrogen) atoms. The molecule has 0 aromatic rings. The van der Waals surface area contributed by atoms with Gasteiger partial charge in [0, 0.05) is 27.1 Å². The van der Waals surface area contributed by atoms with Gasteiger partial charge in [-0.15, -0.1) is 6.58 Å². The first-order valence-electron chi connectivity index (χ1n) is 4.59. The summed E-state index contributed by atoms with van der Waals surface area (Å²) in [6.45, 7) is 7.47. The van der Waals surface area contributed by atoms with Gasteiger partial charge in [-0.25, -0.2) is 0 Å². The number of carbonyl (C=O) groups is 1. The van der Waals surface area contributed by atoms with E-state index in [0.717, 1.165) is 19.5 Å². The second-order valence-electron chi connectivity index (χ2n) is 3.50. The number of nitrogens with one attached hydrogen (secondary N) is 1. The SMILES string of the molecule is C=C(C)CCNCCC(=O)N(C)C. The third kappa shape index (κ3) is 7.53. The third-order valence-corrected chi connectivity index (χ3v) is 1.74. The molecule has 3 nitrogen and oxygen atoms in total. The van der Waals surface area contributed by atoms with Crippen LogP contribution in [0.15, 0.2) is 12.2 Å². The van der Waals surface area contributed by atoms with Gasteiger partial charge in [-0.3, -0.25) is 4.79 Å². The zero-order chi connectivity index (χ0) is 10.3. The highest BCUT2D eigenvalue weighted by molar-refractivity contribution is 5.75. The van der Waals surface area contributed by atoms with Crippen LogP contribution in [-0.4, -0.2) is 38.0 Å². The average Bonchev–Trinajstić information content (AvgIpc) is 2.02. The van der Waals surface area contributed by atoms with E-state index in [1.54, 1.807) is 19.0 Å². The number of hydrogen-bond acceptors (Lipinski definition) is 2. The van der Waals surface area contributed by atoms with Crippen molar-refractivity contribution >= 4 is 5.91 Å². The maximum atomic E-state index is 11.1. The molecule has 76 valence electrons. The van der Waals surface area contributed by atoms with Crippen LogP contribution in [0.3, 0.4) is 0 Å². The van der Waals surface area contributed by atoms with Crippen molar-refractivity contribution in [1.82, 2.24) is 10.2 Å². The first-order chi connectivity index (χ1) is 6.04. The predicted octanol–water partition coefficient (Wildman–Crippen LogP) is 1.02. The molecule has 0 aliphatic rings. The summed E-state index contributed by atoms with van der Waals surface area (Å²) < 4.78 is 0. The number of nitrogens with zero attached hydrogens (tertiary/aromatic N) is 1. The minimum absolute atomic E-state index is 0.169. The fraction of sp³-hybridized carbons (Fsp3) is 0.700. The summed E-state index contributed by atoms with van der Waals surface area (Å²) in [6.07, 6.45) is 1.55. The van der Waals surface area contributed by atoms with Crippen molar-refractivity contribution < 1.29 is 4.79 Å². The van der Waals surface area contributed by atoms with Crippen LogP contribution >= 0.6 is 0 Å². The fourth-order valence-corrected chi connectivity index (χ4v) is 0.846. The lowest BCUT2D eigenvalue weighted by Crippen LogP contribution is -2.27. The topological polar surface area (TPSA) is 32.3 Å². The van der Waals surface area contributed by atoms with Gasteiger partial charge in [0.15, 0.2) is 0 Å². The monoisotopic (exact) mass is 184 g/mol. The minimum atomic E-state index is 0.169. The highest BCUT2D eigenvalue weighted by atomic mass is 16.2. The quantitative estimate of drug-likeness (QED) is 0.494. The van der Waals surface area contributed by atoms with Gasteiger partial charge < -0.3 is 10.2 Å². The zero-order valence-corrected chi connectivity index (χ0v) is 8.89. The molecule has 0 atom stereocenters. The number of rotatable bonds is 6. The Morgan fingerprint density at radius 1 is 1.31 bits per heavy atom. The van der Waals surface area contributed by atoms with Crippen LogP contribution < -0.4 is 5.32 Å². The molecule has 0 fully saturated rings. The maximum Gasteiger partial charge on any atom is 0.223 e. The highest BCUT2D eigenvalue weighted by Gasteiger charge is 2.01. The van der Waals surface area contributed by atoms with Gasteiger partial charge in [-0.2, -0.15) is 0 Å². The van der Waals surface area contributed by atoms with E-state index in [1.165, 1.54) is 5.57 Å². The molecule has 0 bridgehead atoms. The standard InChI is InChI=1S/C10H20N2O/c1-9(2)5-7-11-8-6-10(13)12(3)4/h11H,1,5-8H2,2-4H3. The first-order valence-corrected chi connectivity index (χ1v) is 4.59. The summed E-state index contributed by atoms with van der Waals surface area (Å²) in [7, 11) is 3.55. The largest absolute Gasteiger partial charge is 0.349 e. The van der Waals surface area contributed by atoms with E-state index in [2.05, 4.69) is 11.9 Å². The smallest absolute Gasteiger partial charge is 0.223 e. The van der Waals surface area contributed by atoms with E-state index in [9.17, 15) is 4.79 Å². The van der Waals surface area contributed by atoms with E-state index in [1.807, 2.05) is 6.92 Å². The second kappa shape index (κ2) is 6.66. The molecular weight excluding hydrogens is 164 g/mol. The summed E-state index contributed by atoms with van der Waals surface area (Å²) in [5.41, 5.74) is 1.17. The van der Waals surface area contributed by atoms with Crippen molar-refractivity contribution in [2.75, 3.05) is 27.2 Å². The van der Waals surface area contributed by atoms with Gasteiger partial charge in [0.2, 0.25) is 5.91 Å². The number of amides is 1. The highest BCUT2D eigenvalue weighted by Crippen LogP contribution is 1.92. The summed E-state index contributed by atoms with van der Waals surface area (Å²) in [5, 5.41) is 3.19. The minimum Gasteiger partial charge on any atom is -0.349 e. The Labute approximate surface area is 80.8 Å². The molecular formula is C10H20N2O. The Hall–Kier alpha value is -0.830. The Kier molecular flexibility index (Phi) is 6.24. The van der Waals surface area contributed by atoms with Gasteiger partial charge in [0.05, 0.1) is 0 Å². The van der Waals surface area contributed by atoms with Gasteiger partial charge in [-0.1, -0.05) is 5.57 Å². The molecule has 1 amide bonds. The molecule has 0 unspecified atom stereocenters. The molecule has 0 aliphatic carbocycles. The molecule has 3 heteroatoms. The number of hydrogen-bond donors (Lipinski definition) is 1. The Morgan fingerprint density at radius 3 is 2.31 bits per heavy atom. The zero-order valence-electron chi connectivity index (χ0n) is 8.89. The second-order valence-corrected chi connectivity index (χ2v) is 3.50. The molecule has 0 aromatic carbocycles. The normalized spacial score (nSPS) is 9.77. The van der Waals surface area contributed by atoms with Crippen molar-refractivity contribution in [2.24, 2.45) is 0 Å². The summed E-state index contributed by atoms with van der Waals surface area (Å²) >= 11 is 0. The van der Waals surface area contributed by atoms with Crippen molar-refractivity contribution in [1.29, 1.82) is 0 Å². The Balaban J connectivity index is 3.26. The van der Waals surface area contributed by atoms with E-state index < -0.39 is 0 Å². The molecule has 0 aliphatic heterocycles. The van der Waals surface area contributed by atoms with Crippen LogP contribution in [0.4, 0.5) is 0 Å². The van der Waals surface area contributed by atoms with Gasteiger partial charge in [-0.05, 0) is 19.9 Å². The molecule has 0 spiro atoms. The van der Waals surface area contributed by atoms with E-state index in [-0.39, 0.29) is 5.91 Å². The Morgan fingerprint density at radius 2 is 1.85 bits per heavy atom. The maximum absolute atomic E-state index is 11.1. The molecule has 0 aromatic heterocycles. The van der Waals surface area contributed by atoms with E-state index in [0.29, 0.717) is 6.42 Å². The lowest BCUT2D eigenvalue weighted by molar-refractivity contribution is -0.128. The fourth-order valence-electron chi connectivity index (χ4n) is 0.846. The van der Waals surface area contributed by atoms with Crippen molar-refractivity contribution in [2.45, 2.75) is 19.8 Å². The van der Waals surface area contributed by atoms with E-state index >= 15 is 0 Å². The van der Waals surface area contributed by atoms with E-state index in [4.69, 9.17) is 0 Å². The average molecular weight is 184 g/mol. The number of carbonyl (C=O) groups excluding carboxylic acids is 1. The van der Waals surface area contributed by atoms with Gasteiger partial charge >= 0.3 is 0 Å². The first kappa shape index (κ1) is 12.2. The van der Waals surface area contributed by atoms with Crippen molar-refractivity contribution in [3.63, 3.8) is 0 Å². The van der Waals surface area contributed by atoms with Gasteiger partial charge in [0.25, 0.3) is 0 Å². The van der Waals surface area contributed by atoms with Crippen LogP contribution in [0.5, 0.6) is 0 Å². The Bertz CT molecular complexity index is 176. The van der Waals surface area contributed by atoms with Crippen LogP contribution in [0, 0.1) is 0 Å². The van der Waals surface area contributed by atoms with Gasteiger partial charge in [0.1, 0.15) is 0 Å². The van der Waals surface area contributed by atoms with Crippen molar-refractivity contribution in [3.05, 3.63) is 12.2 Å². The summed E-state index contributed by atoms with van der Waals surface area (Å²) in [4.78, 5) is 12.7. The van der Waals surface area contributed by atoms with Crippen LogP contribution in [-0.2, 0) is 4.79 Å². The molecule has 0 rings (SSSR count). The van der Waals surface area contributed by atoms with Crippen LogP contribution in [0.25, 0.3) is 0 Å². The van der Waals surface area contributed by atoms with Crippen molar-refractivity contribution in [3.8, 4) is 0 Å². The molecule has 1 N–H and O–H groups in total. The summed E-state index contributed by atoms with van der Waals surface area (Å²) in [5.74, 6) is 0.169. The van der Waals surface area contributed by atoms with Crippen LogP contribution in [0.2, 0.25) is 0 Å². The lowest BCUT2D eigenvalue weighted by Gasteiger charge is -2.10. The molecule has 0 heterocycles. The molecule has 0 saturated heterocycles. The molecule has 0 radical (unpaired) electrons. The molecule has 0 saturated carbocycles. The van der Waals surface area contributed by atoms with Crippen LogP contribution in [0.1, 0.15) is 19.8 Å². The predicted molar refractivity (Wildman–Crippen MR) is 55.6 cm³/mol. The summed E-state index contributed by atoms with van der Waals surface area (Å²) in [6, 6.07) is 0. The lowest BCUT2D eigenvalue weighted by atomic mass is 10.2.